The van der Waals surface area contributed by atoms with Gasteiger partial charge in [0.2, 0.25) is 0 Å². The molecule has 112 valence electrons. The monoisotopic (exact) mass is 340 g/mol. The number of nitrogens with zero attached hydrogens (tertiary/aromatic N) is 1. The fraction of sp³-hybridized carbons (Fsp3) is 0.333. The molecular formula is C15H17ClN2OS2. The number of hydrogen-bond donors (Lipinski definition) is 1. The number of benzene rings is 1. The number of rotatable bonds is 4. The second-order valence-corrected chi connectivity index (χ2v) is 8.82. The Morgan fingerprint density at radius 1 is 1.19 bits per heavy atom. The minimum Gasteiger partial charge on any atom is -0.381 e. The van der Waals surface area contributed by atoms with E-state index in [9.17, 15) is 4.21 Å². The molecule has 0 aliphatic carbocycles. The molecule has 0 amide bonds. The Balaban J connectivity index is 1.67. The van der Waals surface area contributed by atoms with Crippen LogP contribution in [0.15, 0.2) is 39.4 Å². The van der Waals surface area contributed by atoms with E-state index in [1.807, 2.05) is 35.0 Å². The SMILES string of the molecule is O=S1(=Nc2ccc(NCc3cscc3Cl)cc2)CCCC1. The molecule has 1 aromatic carbocycles. The average Bonchev–Trinajstić information content (AvgIpc) is 3.07. The number of anilines is 1. The number of halogens is 1. The van der Waals surface area contributed by atoms with Crippen molar-refractivity contribution in [1.82, 2.24) is 0 Å². The molecule has 1 aromatic heterocycles. The molecule has 2 heterocycles. The minimum absolute atomic E-state index is 0.704. The molecule has 3 nitrogen and oxygen atoms in total. The summed E-state index contributed by atoms with van der Waals surface area (Å²) >= 11 is 7.67. The second-order valence-electron chi connectivity index (χ2n) is 5.12. The highest BCUT2D eigenvalue weighted by molar-refractivity contribution is 7.93. The van der Waals surface area contributed by atoms with Gasteiger partial charge in [0.25, 0.3) is 0 Å². The highest BCUT2D eigenvalue weighted by Gasteiger charge is 2.16. The van der Waals surface area contributed by atoms with Crippen molar-refractivity contribution >= 4 is 44.0 Å². The zero-order valence-electron chi connectivity index (χ0n) is 11.5. The quantitative estimate of drug-likeness (QED) is 0.859. The van der Waals surface area contributed by atoms with Gasteiger partial charge in [0.1, 0.15) is 0 Å². The predicted molar refractivity (Wildman–Crippen MR) is 92.3 cm³/mol. The molecule has 0 spiro atoms. The van der Waals surface area contributed by atoms with E-state index in [2.05, 4.69) is 9.68 Å². The van der Waals surface area contributed by atoms with Crippen LogP contribution in [-0.4, -0.2) is 15.7 Å². The van der Waals surface area contributed by atoms with Crippen LogP contribution in [0, 0.1) is 0 Å². The van der Waals surface area contributed by atoms with Gasteiger partial charge in [-0.15, -0.1) is 0 Å². The van der Waals surface area contributed by atoms with Crippen molar-refractivity contribution in [1.29, 1.82) is 0 Å². The van der Waals surface area contributed by atoms with E-state index < -0.39 is 9.73 Å². The number of hydrogen-bond acceptors (Lipinski definition) is 4. The number of thiophene rings is 1. The predicted octanol–water partition coefficient (Wildman–Crippen LogP) is 4.91. The standard InChI is InChI=1S/C15H17ClN2OS2/c16-15-11-20-10-12(15)9-17-13-3-5-14(6-4-13)18-21(19)7-1-2-8-21/h3-6,10-11,17H,1-2,7-9H2. The van der Waals surface area contributed by atoms with Crippen molar-refractivity contribution in [3.8, 4) is 0 Å². The first-order valence-corrected chi connectivity index (χ1v) is 10.1. The van der Waals surface area contributed by atoms with Gasteiger partial charge < -0.3 is 5.32 Å². The van der Waals surface area contributed by atoms with Gasteiger partial charge in [-0.05, 0) is 42.5 Å². The third kappa shape index (κ3) is 3.78. The molecule has 0 radical (unpaired) electrons. The molecule has 1 aliphatic rings. The molecule has 0 saturated carbocycles. The molecule has 1 saturated heterocycles. The van der Waals surface area contributed by atoms with Crippen LogP contribution in [0.4, 0.5) is 11.4 Å². The molecule has 0 bridgehead atoms. The van der Waals surface area contributed by atoms with Crippen LogP contribution in [0.3, 0.4) is 0 Å². The third-order valence-electron chi connectivity index (χ3n) is 3.49. The van der Waals surface area contributed by atoms with Crippen LogP contribution in [0.2, 0.25) is 5.02 Å². The first kappa shape index (κ1) is 14.9. The number of nitrogens with one attached hydrogen (secondary N) is 1. The zero-order valence-corrected chi connectivity index (χ0v) is 13.9. The lowest BCUT2D eigenvalue weighted by molar-refractivity contribution is 0.681. The Hall–Kier alpha value is -1.04. The Kier molecular flexibility index (Phi) is 4.52. The lowest BCUT2D eigenvalue weighted by Crippen LogP contribution is -2.00. The van der Waals surface area contributed by atoms with E-state index in [0.29, 0.717) is 6.54 Å². The van der Waals surface area contributed by atoms with Crippen molar-refractivity contribution in [2.45, 2.75) is 19.4 Å². The molecular weight excluding hydrogens is 324 g/mol. The topological polar surface area (TPSA) is 41.5 Å². The largest absolute Gasteiger partial charge is 0.381 e. The van der Waals surface area contributed by atoms with Crippen molar-refractivity contribution in [2.24, 2.45) is 4.36 Å². The van der Waals surface area contributed by atoms with Gasteiger partial charge in [0.15, 0.2) is 0 Å². The summed E-state index contributed by atoms with van der Waals surface area (Å²) in [5.41, 5.74) is 2.92. The van der Waals surface area contributed by atoms with Crippen molar-refractivity contribution in [2.75, 3.05) is 16.8 Å². The molecule has 1 fully saturated rings. The van der Waals surface area contributed by atoms with Gasteiger partial charge in [-0.2, -0.15) is 15.7 Å². The highest BCUT2D eigenvalue weighted by Crippen LogP contribution is 2.24. The smallest absolute Gasteiger partial charge is 0.0731 e. The summed E-state index contributed by atoms with van der Waals surface area (Å²) < 4.78 is 16.8. The Bertz CT molecular complexity index is 718. The Morgan fingerprint density at radius 2 is 1.90 bits per heavy atom. The van der Waals surface area contributed by atoms with E-state index in [-0.39, 0.29) is 0 Å². The van der Waals surface area contributed by atoms with E-state index in [1.165, 1.54) is 0 Å². The van der Waals surface area contributed by atoms with Crippen LogP contribution in [0.25, 0.3) is 0 Å². The fourth-order valence-electron chi connectivity index (χ4n) is 2.31. The molecule has 2 aromatic rings. The summed E-state index contributed by atoms with van der Waals surface area (Å²) in [7, 11) is -1.98. The van der Waals surface area contributed by atoms with Gasteiger partial charge in [-0.1, -0.05) is 11.6 Å². The Labute approximate surface area is 134 Å². The summed E-state index contributed by atoms with van der Waals surface area (Å²) in [5, 5.41) is 8.10. The van der Waals surface area contributed by atoms with E-state index in [4.69, 9.17) is 11.6 Å². The minimum atomic E-state index is -1.98. The second kappa shape index (κ2) is 6.38. The van der Waals surface area contributed by atoms with Crippen molar-refractivity contribution < 1.29 is 4.21 Å². The van der Waals surface area contributed by atoms with E-state index >= 15 is 0 Å². The van der Waals surface area contributed by atoms with Crippen LogP contribution in [0.1, 0.15) is 18.4 Å². The normalized spacial score (nSPS) is 16.8. The first-order chi connectivity index (χ1) is 10.1. The van der Waals surface area contributed by atoms with Crippen LogP contribution >= 0.6 is 22.9 Å². The van der Waals surface area contributed by atoms with Gasteiger partial charge >= 0.3 is 0 Å². The molecule has 1 aliphatic heterocycles. The van der Waals surface area contributed by atoms with Crippen LogP contribution in [0.5, 0.6) is 0 Å². The summed E-state index contributed by atoms with van der Waals surface area (Å²) in [6, 6.07) is 7.78. The van der Waals surface area contributed by atoms with E-state index in [0.717, 1.165) is 46.3 Å². The molecule has 1 N–H and O–H groups in total. The van der Waals surface area contributed by atoms with Gasteiger partial charge in [-0.3, -0.25) is 0 Å². The lowest BCUT2D eigenvalue weighted by Gasteiger charge is -2.06. The van der Waals surface area contributed by atoms with Gasteiger partial charge in [0, 0.05) is 34.7 Å². The summed E-state index contributed by atoms with van der Waals surface area (Å²) in [4.78, 5) is 0. The Morgan fingerprint density at radius 3 is 2.52 bits per heavy atom. The average molecular weight is 341 g/mol. The third-order valence-corrected chi connectivity index (χ3v) is 7.16. The molecule has 0 unspecified atom stereocenters. The molecule has 0 atom stereocenters. The van der Waals surface area contributed by atoms with E-state index in [1.54, 1.807) is 11.3 Å². The maximum atomic E-state index is 12.4. The molecule has 6 heteroatoms. The maximum Gasteiger partial charge on any atom is 0.0731 e. The summed E-state index contributed by atoms with van der Waals surface area (Å²) in [6.07, 6.45) is 2.06. The first-order valence-electron chi connectivity index (χ1n) is 6.92. The van der Waals surface area contributed by atoms with Crippen molar-refractivity contribution in [3.63, 3.8) is 0 Å². The van der Waals surface area contributed by atoms with Crippen LogP contribution < -0.4 is 5.32 Å². The fourth-order valence-corrected chi connectivity index (χ4v) is 5.57. The molecule has 3 rings (SSSR count). The van der Waals surface area contributed by atoms with Gasteiger partial charge in [0.05, 0.1) is 20.4 Å². The van der Waals surface area contributed by atoms with Crippen molar-refractivity contribution in [3.05, 3.63) is 45.6 Å². The van der Waals surface area contributed by atoms with Gasteiger partial charge in [-0.25, -0.2) is 4.21 Å². The highest BCUT2D eigenvalue weighted by atomic mass is 35.5. The van der Waals surface area contributed by atoms with Crippen LogP contribution in [-0.2, 0) is 16.3 Å². The summed E-state index contributed by atoms with van der Waals surface area (Å²) in [5.74, 6) is 1.48. The maximum absolute atomic E-state index is 12.4. The zero-order chi connectivity index (χ0) is 14.7. The lowest BCUT2D eigenvalue weighted by atomic mass is 10.2. The summed E-state index contributed by atoms with van der Waals surface area (Å²) in [6.45, 7) is 0.704. The molecule has 21 heavy (non-hydrogen) atoms.